The molecule has 0 radical (unpaired) electrons. The number of carbonyl (C=O) groups is 3. The molecule has 0 fully saturated rings. The van der Waals surface area contributed by atoms with Crippen molar-refractivity contribution in [2.75, 3.05) is 42.6 Å². The highest BCUT2D eigenvalue weighted by atomic mass is 19.4. The average Bonchev–Trinajstić information content (AvgIpc) is 3.04. The lowest BCUT2D eigenvalue weighted by Crippen LogP contribution is -2.62. The summed E-state index contributed by atoms with van der Waals surface area (Å²) >= 11 is 0. The van der Waals surface area contributed by atoms with E-state index in [9.17, 15) is 54.6 Å². The number of anilines is 2. The predicted molar refractivity (Wildman–Crippen MR) is 140 cm³/mol. The first-order valence-corrected chi connectivity index (χ1v) is 12.9. The Bertz CT molecular complexity index is 1320. The Morgan fingerprint density at radius 3 is 2.11 bits per heavy atom. The Kier molecular flexibility index (Phi) is 10.5. The van der Waals surface area contributed by atoms with Crippen molar-refractivity contribution in [1.29, 1.82) is 0 Å². The van der Waals surface area contributed by atoms with Gasteiger partial charge >= 0.3 is 18.3 Å². The summed E-state index contributed by atoms with van der Waals surface area (Å²) in [4.78, 5) is 40.3. The number of ether oxygens (including phenoxy) is 1. The normalized spacial score (nSPS) is 17.4. The number of para-hydroxylation sites is 2. The number of hydrogen-bond donors (Lipinski definition) is 3. The van der Waals surface area contributed by atoms with E-state index in [2.05, 4.69) is 0 Å². The quantitative estimate of drug-likeness (QED) is 0.198. The van der Waals surface area contributed by atoms with Crippen LogP contribution < -0.4 is 20.4 Å². The minimum absolute atomic E-state index is 0.00486. The highest BCUT2D eigenvalue weighted by Crippen LogP contribution is 2.36. The van der Waals surface area contributed by atoms with Gasteiger partial charge in [0.1, 0.15) is 12.6 Å². The number of nitrogens with one attached hydrogen (secondary N) is 2. The number of nitrogens with zero attached hydrogens (tertiary/aromatic N) is 2. The number of hydrogen-bond acceptors (Lipinski definition) is 6. The number of alkyl halides is 8. The summed E-state index contributed by atoms with van der Waals surface area (Å²) in [6.45, 7) is -3.95. The molecule has 3 N–H and O–H groups in total. The molecular weight excluding hydrogens is 612 g/mol. The van der Waals surface area contributed by atoms with Crippen LogP contribution in [0.4, 0.5) is 46.5 Å². The molecule has 2 unspecified atom stereocenters. The number of carbonyl (C=O) groups excluding carboxylic acids is 3. The molecule has 0 saturated heterocycles. The van der Waals surface area contributed by atoms with Crippen LogP contribution >= 0.6 is 0 Å². The molecule has 3 rings (SSSR count). The third kappa shape index (κ3) is 8.56. The van der Waals surface area contributed by atoms with Gasteiger partial charge in [-0.1, -0.05) is 42.5 Å². The zero-order valence-electron chi connectivity index (χ0n) is 23.0. The molecule has 2 aromatic carbocycles. The van der Waals surface area contributed by atoms with Crippen molar-refractivity contribution in [3.05, 3.63) is 60.2 Å². The maximum atomic E-state index is 13.5. The molecule has 9 nitrogen and oxygen atoms in total. The molecule has 0 bridgehead atoms. The first-order chi connectivity index (χ1) is 20.3. The van der Waals surface area contributed by atoms with Gasteiger partial charge in [-0.25, -0.2) is 0 Å². The van der Waals surface area contributed by atoms with Crippen molar-refractivity contribution in [3.8, 4) is 0 Å². The molecule has 1 heterocycles. The fourth-order valence-electron chi connectivity index (χ4n) is 4.13. The van der Waals surface area contributed by atoms with E-state index in [1.807, 2.05) is 5.32 Å². The van der Waals surface area contributed by atoms with Crippen molar-refractivity contribution >= 4 is 29.1 Å². The maximum absolute atomic E-state index is 13.5. The Balaban J connectivity index is 1.83. The SMILES string of the molecule is CC(O)(C(=O)NCC(F)(F)C(F)(F)F)C(=O)NC1CN(CCOCc2ccccc2)c2ccccc2N(CC(F)(F)F)C1=O. The van der Waals surface area contributed by atoms with Crippen molar-refractivity contribution in [3.63, 3.8) is 0 Å². The topological polar surface area (TPSA) is 111 Å². The molecule has 3 amide bonds. The fourth-order valence-corrected chi connectivity index (χ4v) is 4.13. The van der Waals surface area contributed by atoms with E-state index in [-0.39, 0.29) is 31.1 Å². The van der Waals surface area contributed by atoms with Gasteiger partial charge in [-0.3, -0.25) is 19.3 Å². The standard InChI is InChI=1S/C27H28F8N4O5/c1-24(43,22(41)36-15-25(28,29)27(33,34)35)23(42)37-18-13-38(11-12-44-14-17-7-3-2-4-8-17)19-9-5-6-10-20(19)39(21(18)40)16-26(30,31)32/h2-10,18,43H,11-16H2,1H3,(H,36,41)(H,37,42). The molecule has 242 valence electrons. The number of benzene rings is 2. The minimum atomic E-state index is -6.05. The van der Waals surface area contributed by atoms with Gasteiger partial charge in [0.25, 0.3) is 17.7 Å². The Morgan fingerprint density at radius 1 is 0.932 bits per heavy atom. The van der Waals surface area contributed by atoms with Crippen LogP contribution in [0.1, 0.15) is 12.5 Å². The van der Waals surface area contributed by atoms with E-state index in [4.69, 9.17) is 4.74 Å². The molecule has 2 atom stereocenters. The second-order valence-electron chi connectivity index (χ2n) is 10.00. The number of rotatable bonds is 11. The Labute approximate surface area is 245 Å². The number of fused-ring (bicyclic) bond motifs is 1. The van der Waals surface area contributed by atoms with Gasteiger partial charge in [0, 0.05) is 13.1 Å². The van der Waals surface area contributed by atoms with Gasteiger partial charge < -0.3 is 25.4 Å². The fraction of sp³-hybridized carbons (Fsp3) is 0.444. The van der Waals surface area contributed by atoms with E-state index in [0.29, 0.717) is 11.8 Å². The predicted octanol–water partition coefficient (Wildman–Crippen LogP) is 3.17. The van der Waals surface area contributed by atoms with Crippen LogP contribution in [0.3, 0.4) is 0 Å². The lowest BCUT2D eigenvalue weighted by molar-refractivity contribution is -0.278. The second kappa shape index (κ2) is 13.3. The third-order valence-electron chi connectivity index (χ3n) is 6.51. The highest BCUT2D eigenvalue weighted by molar-refractivity contribution is 6.10. The Morgan fingerprint density at radius 2 is 1.52 bits per heavy atom. The van der Waals surface area contributed by atoms with E-state index >= 15 is 0 Å². The number of amides is 3. The molecule has 44 heavy (non-hydrogen) atoms. The summed E-state index contributed by atoms with van der Waals surface area (Å²) in [6, 6.07) is 12.7. The van der Waals surface area contributed by atoms with Gasteiger partial charge in [0.05, 0.1) is 31.1 Å². The van der Waals surface area contributed by atoms with Crippen LogP contribution in [-0.4, -0.2) is 85.5 Å². The summed E-state index contributed by atoms with van der Waals surface area (Å²) in [5.74, 6) is -10.4. The van der Waals surface area contributed by atoms with Crippen LogP contribution in [0, 0.1) is 0 Å². The Hall–Kier alpha value is -3.99. The van der Waals surface area contributed by atoms with Gasteiger partial charge in [0.2, 0.25) is 5.60 Å². The van der Waals surface area contributed by atoms with Gasteiger partial charge in [0.15, 0.2) is 0 Å². The largest absolute Gasteiger partial charge is 0.455 e. The molecule has 2 aromatic rings. The van der Waals surface area contributed by atoms with E-state index in [1.54, 1.807) is 30.3 Å². The second-order valence-corrected chi connectivity index (χ2v) is 10.00. The summed E-state index contributed by atoms with van der Waals surface area (Å²) in [5, 5.41) is 13.5. The molecule has 0 aromatic heterocycles. The molecule has 1 aliphatic heterocycles. The summed E-state index contributed by atoms with van der Waals surface area (Å²) < 4.78 is 110. The van der Waals surface area contributed by atoms with Crippen molar-refractivity contribution in [2.45, 2.75) is 43.4 Å². The monoisotopic (exact) mass is 640 g/mol. The highest BCUT2D eigenvalue weighted by Gasteiger charge is 2.58. The molecule has 0 spiro atoms. The van der Waals surface area contributed by atoms with Gasteiger partial charge in [-0.05, 0) is 24.6 Å². The van der Waals surface area contributed by atoms with Crippen molar-refractivity contribution in [1.82, 2.24) is 10.6 Å². The van der Waals surface area contributed by atoms with Gasteiger partial charge in [-0.15, -0.1) is 0 Å². The van der Waals surface area contributed by atoms with Crippen LogP contribution in [0.15, 0.2) is 54.6 Å². The van der Waals surface area contributed by atoms with E-state index in [1.165, 1.54) is 29.2 Å². The number of halogens is 8. The molecule has 17 heteroatoms. The summed E-state index contributed by atoms with van der Waals surface area (Å²) in [6.07, 6.45) is -11.0. The van der Waals surface area contributed by atoms with E-state index < -0.39 is 67.3 Å². The van der Waals surface area contributed by atoms with Crippen LogP contribution in [-0.2, 0) is 25.7 Å². The van der Waals surface area contributed by atoms with Crippen LogP contribution in [0.5, 0.6) is 0 Å². The minimum Gasteiger partial charge on any atom is -0.375 e. The molecular formula is C27H28F8N4O5. The smallest absolute Gasteiger partial charge is 0.375 e. The molecule has 1 aliphatic rings. The van der Waals surface area contributed by atoms with Crippen molar-refractivity contribution < 1.29 is 59.4 Å². The first-order valence-electron chi connectivity index (χ1n) is 12.9. The maximum Gasteiger partial charge on any atom is 0.455 e. The molecule has 0 saturated carbocycles. The lowest BCUT2D eigenvalue weighted by atomic mass is 10.0. The van der Waals surface area contributed by atoms with Crippen LogP contribution in [0.2, 0.25) is 0 Å². The van der Waals surface area contributed by atoms with E-state index in [0.717, 1.165) is 10.9 Å². The van der Waals surface area contributed by atoms with Crippen LogP contribution in [0.25, 0.3) is 0 Å². The average molecular weight is 641 g/mol. The van der Waals surface area contributed by atoms with Gasteiger partial charge in [-0.2, -0.15) is 35.1 Å². The zero-order valence-corrected chi connectivity index (χ0v) is 23.0. The first kappa shape index (κ1) is 34.5. The molecule has 0 aliphatic carbocycles. The lowest BCUT2D eigenvalue weighted by Gasteiger charge is -2.29. The number of aliphatic hydroxyl groups is 1. The summed E-state index contributed by atoms with van der Waals surface area (Å²) in [5.41, 5.74) is -2.49. The van der Waals surface area contributed by atoms with Crippen molar-refractivity contribution in [2.24, 2.45) is 0 Å². The third-order valence-corrected chi connectivity index (χ3v) is 6.51. The summed E-state index contributed by atoms with van der Waals surface area (Å²) in [7, 11) is 0. The zero-order chi connectivity index (χ0) is 32.9.